The van der Waals surface area contributed by atoms with Gasteiger partial charge < -0.3 is 15.4 Å². The minimum Gasteiger partial charge on any atom is -0.494 e. The van der Waals surface area contributed by atoms with Crippen LogP contribution < -0.4 is 10.5 Å². The predicted octanol–water partition coefficient (Wildman–Crippen LogP) is 2.39. The Morgan fingerprint density at radius 2 is 1.96 bits per heavy atom. The summed E-state index contributed by atoms with van der Waals surface area (Å²) in [5.41, 5.74) is 6.37. The molecule has 2 N–H and O–H groups in total. The summed E-state index contributed by atoms with van der Waals surface area (Å²) in [5.74, 6) is 0.779. The number of ketones is 1. The summed E-state index contributed by atoms with van der Waals surface area (Å²) < 4.78 is 5.36. The van der Waals surface area contributed by atoms with E-state index in [1.165, 1.54) is 0 Å². The molecule has 1 heterocycles. The van der Waals surface area contributed by atoms with E-state index >= 15 is 0 Å². The van der Waals surface area contributed by atoms with Crippen molar-refractivity contribution >= 4 is 11.7 Å². The Labute approximate surface area is 137 Å². The molecule has 1 aliphatic heterocycles. The number of likely N-dealkylation sites (tertiary alicyclic amines) is 1. The van der Waals surface area contributed by atoms with Crippen LogP contribution in [0.4, 0.5) is 0 Å². The molecule has 5 heteroatoms. The molecular weight excluding hydrogens is 292 g/mol. The van der Waals surface area contributed by atoms with Crippen LogP contribution in [0.25, 0.3) is 0 Å². The van der Waals surface area contributed by atoms with E-state index in [0.717, 1.165) is 31.6 Å². The normalized spacial score (nSPS) is 17.8. The van der Waals surface area contributed by atoms with Gasteiger partial charge in [0.25, 0.3) is 0 Å². The number of benzene rings is 1. The summed E-state index contributed by atoms with van der Waals surface area (Å²) in [5, 5.41) is 0. The topological polar surface area (TPSA) is 72.6 Å². The second-order valence-electron chi connectivity index (χ2n) is 5.85. The molecule has 1 saturated heterocycles. The van der Waals surface area contributed by atoms with E-state index in [1.807, 2.05) is 11.8 Å². The van der Waals surface area contributed by atoms with Crippen LogP contribution in [0.3, 0.4) is 0 Å². The van der Waals surface area contributed by atoms with Crippen LogP contribution in [0.2, 0.25) is 0 Å². The number of rotatable bonds is 7. The highest BCUT2D eigenvalue weighted by Gasteiger charge is 2.25. The van der Waals surface area contributed by atoms with Crippen molar-refractivity contribution in [3.05, 3.63) is 29.8 Å². The molecule has 0 aliphatic carbocycles. The van der Waals surface area contributed by atoms with Gasteiger partial charge in [0.2, 0.25) is 5.91 Å². The minimum atomic E-state index is -0.0114. The van der Waals surface area contributed by atoms with E-state index in [1.54, 1.807) is 24.3 Å². The number of piperidine rings is 1. The number of ether oxygens (including phenoxy) is 1. The fourth-order valence-corrected chi connectivity index (χ4v) is 2.99. The average molecular weight is 318 g/mol. The molecule has 1 amide bonds. The van der Waals surface area contributed by atoms with E-state index in [0.29, 0.717) is 18.7 Å². The lowest BCUT2D eigenvalue weighted by molar-refractivity contribution is -0.134. The van der Waals surface area contributed by atoms with Gasteiger partial charge in [-0.2, -0.15) is 0 Å². The van der Waals surface area contributed by atoms with Crippen LogP contribution in [-0.2, 0) is 4.79 Å². The van der Waals surface area contributed by atoms with Crippen LogP contribution in [0.5, 0.6) is 5.75 Å². The smallest absolute Gasteiger partial charge is 0.223 e. The summed E-state index contributed by atoms with van der Waals surface area (Å²) in [4.78, 5) is 26.4. The van der Waals surface area contributed by atoms with Crippen LogP contribution in [-0.4, -0.2) is 42.3 Å². The van der Waals surface area contributed by atoms with E-state index in [4.69, 9.17) is 10.5 Å². The van der Waals surface area contributed by atoms with Gasteiger partial charge in [-0.15, -0.1) is 0 Å². The van der Waals surface area contributed by atoms with Crippen LogP contribution in [0, 0.1) is 0 Å². The van der Waals surface area contributed by atoms with E-state index in [-0.39, 0.29) is 30.6 Å². The van der Waals surface area contributed by atoms with Gasteiger partial charge in [0, 0.05) is 37.5 Å². The standard InChI is InChI=1S/C18H26N2O3/c1-2-23-16-8-6-14(7-9-16)17(21)10-11-18(22)20-12-4-3-5-15(20)13-19/h6-9,15H,2-5,10-13,19H2,1H3. The summed E-state index contributed by atoms with van der Waals surface area (Å²) in [6.07, 6.45) is 3.60. The molecule has 0 aromatic heterocycles. The van der Waals surface area contributed by atoms with Gasteiger partial charge >= 0.3 is 0 Å². The third-order valence-electron chi connectivity index (χ3n) is 4.27. The predicted molar refractivity (Wildman–Crippen MR) is 89.6 cm³/mol. The first-order valence-corrected chi connectivity index (χ1v) is 8.41. The second kappa shape index (κ2) is 8.67. The first-order valence-electron chi connectivity index (χ1n) is 8.41. The highest BCUT2D eigenvalue weighted by molar-refractivity contribution is 5.98. The van der Waals surface area contributed by atoms with Crippen molar-refractivity contribution in [2.24, 2.45) is 5.73 Å². The zero-order chi connectivity index (χ0) is 16.7. The van der Waals surface area contributed by atoms with E-state index < -0.39 is 0 Å². The highest BCUT2D eigenvalue weighted by Crippen LogP contribution is 2.19. The first-order chi connectivity index (χ1) is 11.2. The Hall–Kier alpha value is -1.88. The summed E-state index contributed by atoms with van der Waals surface area (Å²) >= 11 is 0. The Balaban J connectivity index is 1.86. The molecule has 1 aromatic carbocycles. The van der Waals surface area contributed by atoms with E-state index in [9.17, 15) is 9.59 Å². The zero-order valence-corrected chi connectivity index (χ0v) is 13.8. The molecule has 0 saturated carbocycles. The minimum absolute atomic E-state index is 0.0114. The van der Waals surface area contributed by atoms with Crippen molar-refractivity contribution in [1.29, 1.82) is 0 Å². The molecule has 23 heavy (non-hydrogen) atoms. The molecular formula is C18H26N2O3. The Morgan fingerprint density at radius 1 is 1.22 bits per heavy atom. The van der Waals surface area contributed by atoms with E-state index in [2.05, 4.69) is 0 Å². The summed E-state index contributed by atoms with van der Waals surface area (Å²) in [6, 6.07) is 7.21. The molecule has 1 aromatic rings. The van der Waals surface area contributed by atoms with Gasteiger partial charge in [0.15, 0.2) is 5.78 Å². The molecule has 0 bridgehead atoms. The third kappa shape index (κ3) is 4.79. The van der Waals surface area contributed by atoms with Crippen LogP contribution in [0.15, 0.2) is 24.3 Å². The van der Waals surface area contributed by atoms with Gasteiger partial charge in [0.05, 0.1) is 6.61 Å². The highest BCUT2D eigenvalue weighted by atomic mass is 16.5. The average Bonchev–Trinajstić information content (AvgIpc) is 2.60. The molecule has 126 valence electrons. The second-order valence-corrected chi connectivity index (χ2v) is 5.85. The summed E-state index contributed by atoms with van der Waals surface area (Å²) in [6.45, 7) is 3.77. The molecule has 0 radical (unpaired) electrons. The molecule has 5 nitrogen and oxygen atoms in total. The Morgan fingerprint density at radius 3 is 2.61 bits per heavy atom. The Kier molecular flexibility index (Phi) is 6.59. The number of amides is 1. The van der Waals surface area contributed by atoms with Crippen molar-refractivity contribution in [2.45, 2.75) is 45.1 Å². The number of nitrogens with two attached hydrogens (primary N) is 1. The molecule has 2 rings (SSSR count). The number of hydrogen-bond acceptors (Lipinski definition) is 4. The van der Waals surface area contributed by atoms with Crippen molar-refractivity contribution in [1.82, 2.24) is 4.90 Å². The molecule has 0 spiro atoms. The van der Waals surface area contributed by atoms with Crippen molar-refractivity contribution < 1.29 is 14.3 Å². The largest absolute Gasteiger partial charge is 0.494 e. The zero-order valence-electron chi connectivity index (χ0n) is 13.8. The van der Waals surface area contributed by atoms with Gasteiger partial charge in [-0.05, 0) is 50.5 Å². The number of Topliss-reactive ketones (excluding diaryl/α,β-unsaturated/α-hetero) is 1. The molecule has 1 unspecified atom stereocenters. The fraction of sp³-hybridized carbons (Fsp3) is 0.556. The fourth-order valence-electron chi connectivity index (χ4n) is 2.99. The van der Waals surface area contributed by atoms with Crippen molar-refractivity contribution in [3.63, 3.8) is 0 Å². The molecule has 1 aliphatic rings. The van der Waals surface area contributed by atoms with Gasteiger partial charge in [-0.25, -0.2) is 0 Å². The van der Waals surface area contributed by atoms with Crippen molar-refractivity contribution in [3.8, 4) is 5.75 Å². The maximum absolute atomic E-state index is 12.3. The monoisotopic (exact) mass is 318 g/mol. The SMILES string of the molecule is CCOc1ccc(C(=O)CCC(=O)N2CCCCC2CN)cc1. The molecule has 1 fully saturated rings. The number of hydrogen-bond donors (Lipinski definition) is 1. The van der Waals surface area contributed by atoms with Crippen LogP contribution in [0.1, 0.15) is 49.4 Å². The lowest BCUT2D eigenvalue weighted by Gasteiger charge is -2.35. The maximum atomic E-state index is 12.3. The van der Waals surface area contributed by atoms with Gasteiger partial charge in [-0.3, -0.25) is 9.59 Å². The maximum Gasteiger partial charge on any atom is 0.223 e. The lowest BCUT2D eigenvalue weighted by atomic mass is 10.0. The first kappa shape index (κ1) is 17.5. The number of carbonyl (C=O) groups is 2. The Bertz CT molecular complexity index is 528. The van der Waals surface area contributed by atoms with Gasteiger partial charge in [0.1, 0.15) is 5.75 Å². The van der Waals surface area contributed by atoms with Crippen molar-refractivity contribution in [2.75, 3.05) is 19.7 Å². The quantitative estimate of drug-likeness (QED) is 0.784. The van der Waals surface area contributed by atoms with Crippen LogP contribution >= 0.6 is 0 Å². The number of nitrogens with zero attached hydrogens (tertiary/aromatic N) is 1. The third-order valence-corrected chi connectivity index (χ3v) is 4.27. The number of carbonyl (C=O) groups excluding carboxylic acids is 2. The summed E-state index contributed by atoms with van der Waals surface area (Å²) in [7, 11) is 0. The lowest BCUT2D eigenvalue weighted by Crippen LogP contribution is -2.47. The van der Waals surface area contributed by atoms with Gasteiger partial charge in [-0.1, -0.05) is 0 Å². The molecule has 1 atom stereocenters.